The van der Waals surface area contributed by atoms with Crippen molar-refractivity contribution in [2.24, 2.45) is 7.05 Å². The van der Waals surface area contributed by atoms with E-state index < -0.39 is 10.9 Å². The van der Waals surface area contributed by atoms with Gasteiger partial charge >= 0.3 is 5.97 Å². The summed E-state index contributed by atoms with van der Waals surface area (Å²) in [6, 6.07) is 13.1. The van der Waals surface area contributed by atoms with Crippen LogP contribution in [0.15, 0.2) is 54.7 Å². The van der Waals surface area contributed by atoms with Gasteiger partial charge in [0, 0.05) is 30.9 Å². The largest absolute Gasteiger partial charge is 0.497 e. The zero-order valence-corrected chi connectivity index (χ0v) is 14.8. The maximum Gasteiger partial charge on any atom is 0.342 e. The normalized spacial score (nSPS) is 10.4. The van der Waals surface area contributed by atoms with Crippen molar-refractivity contribution in [1.82, 2.24) is 9.78 Å². The number of ether oxygens (including phenoxy) is 2. The van der Waals surface area contributed by atoms with Gasteiger partial charge in [-0.2, -0.15) is 5.10 Å². The summed E-state index contributed by atoms with van der Waals surface area (Å²) < 4.78 is 12.0. The Morgan fingerprint density at radius 3 is 2.41 bits per heavy atom. The summed E-state index contributed by atoms with van der Waals surface area (Å²) in [7, 11) is 3.27. The van der Waals surface area contributed by atoms with Crippen LogP contribution in [0.5, 0.6) is 5.75 Å². The number of nitrogens with zero attached hydrogens (tertiary/aromatic N) is 3. The molecule has 0 saturated carbocycles. The Kier molecular flexibility index (Phi) is 5.16. The summed E-state index contributed by atoms with van der Waals surface area (Å²) in [6.07, 6.45) is 1.56. The van der Waals surface area contributed by atoms with Crippen LogP contribution in [0.1, 0.15) is 15.9 Å². The zero-order valence-electron chi connectivity index (χ0n) is 14.8. The predicted octanol–water partition coefficient (Wildman–Crippen LogP) is 3.36. The standard InChI is InChI=1S/C19H17N3O5/c1-21-11-17(18(20-21)14-5-7-15(8-6-14)22(24)25)19(23)27-12-13-3-9-16(26-2)10-4-13/h3-11H,12H2,1-2H3. The molecule has 1 heterocycles. The molecule has 0 saturated heterocycles. The lowest BCUT2D eigenvalue weighted by atomic mass is 10.1. The average Bonchev–Trinajstić information content (AvgIpc) is 3.08. The predicted molar refractivity (Wildman–Crippen MR) is 97.4 cm³/mol. The summed E-state index contributed by atoms with van der Waals surface area (Å²) >= 11 is 0. The van der Waals surface area contributed by atoms with Gasteiger partial charge in [-0.1, -0.05) is 12.1 Å². The lowest BCUT2D eigenvalue weighted by molar-refractivity contribution is -0.384. The molecule has 0 aliphatic carbocycles. The number of aryl methyl sites for hydroxylation is 1. The summed E-state index contributed by atoms with van der Waals surface area (Å²) in [5.74, 6) is 0.199. The van der Waals surface area contributed by atoms with E-state index in [9.17, 15) is 14.9 Å². The number of benzene rings is 2. The van der Waals surface area contributed by atoms with Gasteiger partial charge in [0.1, 0.15) is 23.6 Å². The number of hydrogen-bond acceptors (Lipinski definition) is 6. The van der Waals surface area contributed by atoms with Gasteiger partial charge in [-0.05, 0) is 29.8 Å². The highest BCUT2D eigenvalue weighted by Crippen LogP contribution is 2.25. The van der Waals surface area contributed by atoms with E-state index in [2.05, 4.69) is 5.10 Å². The molecule has 0 fully saturated rings. The van der Waals surface area contributed by atoms with Gasteiger partial charge < -0.3 is 9.47 Å². The fourth-order valence-corrected chi connectivity index (χ4v) is 2.54. The van der Waals surface area contributed by atoms with E-state index in [1.54, 1.807) is 44.6 Å². The second-order valence-electron chi connectivity index (χ2n) is 5.79. The van der Waals surface area contributed by atoms with Crippen LogP contribution in [0.4, 0.5) is 5.69 Å². The molecule has 2 aromatic carbocycles. The first-order chi connectivity index (χ1) is 13.0. The van der Waals surface area contributed by atoms with Gasteiger partial charge in [0.05, 0.1) is 12.0 Å². The summed E-state index contributed by atoms with van der Waals surface area (Å²) in [5.41, 5.74) is 2.09. The first kappa shape index (κ1) is 18.1. The minimum absolute atomic E-state index is 0.0293. The topological polar surface area (TPSA) is 96.5 Å². The van der Waals surface area contributed by atoms with Gasteiger partial charge in [-0.25, -0.2) is 4.79 Å². The quantitative estimate of drug-likeness (QED) is 0.376. The van der Waals surface area contributed by atoms with Crippen LogP contribution >= 0.6 is 0 Å². The lowest BCUT2D eigenvalue weighted by Crippen LogP contribution is -2.06. The van der Waals surface area contributed by atoms with E-state index in [1.165, 1.54) is 16.8 Å². The highest BCUT2D eigenvalue weighted by atomic mass is 16.6. The van der Waals surface area contributed by atoms with Crippen molar-refractivity contribution in [3.8, 4) is 17.0 Å². The maximum absolute atomic E-state index is 12.5. The van der Waals surface area contributed by atoms with Gasteiger partial charge in [0.2, 0.25) is 0 Å². The minimum atomic E-state index is -0.521. The van der Waals surface area contributed by atoms with Crippen LogP contribution in [-0.4, -0.2) is 27.8 Å². The number of carbonyl (C=O) groups excluding carboxylic acids is 1. The number of hydrogen-bond donors (Lipinski definition) is 0. The molecule has 3 rings (SSSR count). The fourth-order valence-electron chi connectivity index (χ4n) is 2.54. The minimum Gasteiger partial charge on any atom is -0.497 e. The first-order valence-corrected chi connectivity index (χ1v) is 8.06. The molecular weight excluding hydrogens is 350 g/mol. The molecule has 0 atom stereocenters. The zero-order chi connectivity index (χ0) is 19.4. The molecule has 27 heavy (non-hydrogen) atoms. The summed E-state index contributed by atoms with van der Waals surface area (Å²) in [4.78, 5) is 22.8. The van der Waals surface area contributed by atoms with E-state index >= 15 is 0 Å². The van der Waals surface area contributed by atoms with Crippen LogP contribution in [0.3, 0.4) is 0 Å². The van der Waals surface area contributed by atoms with E-state index in [4.69, 9.17) is 9.47 Å². The van der Waals surface area contributed by atoms with Crippen LogP contribution in [0, 0.1) is 10.1 Å². The monoisotopic (exact) mass is 367 g/mol. The van der Waals surface area contributed by atoms with Crippen molar-refractivity contribution in [3.05, 3.63) is 76.0 Å². The number of non-ortho nitro benzene ring substituents is 1. The molecule has 0 N–H and O–H groups in total. The fraction of sp³-hybridized carbons (Fsp3) is 0.158. The third-order valence-corrected chi connectivity index (χ3v) is 3.93. The Hall–Kier alpha value is -3.68. The number of esters is 1. The smallest absolute Gasteiger partial charge is 0.342 e. The third-order valence-electron chi connectivity index (χ3n) is 3.93. The molecule has 0 radical (unpaired) electrons. The van der Waals surface area contributed by atoms with Crippen LogP contribution in [0.2, 0.25) is 0 Å². The Labute approximate surface area is 155 Å². The number of nitro groups is 1. The number of carbonyl (C=O) groups is 1. The van der Waals surface area contributed by atoms with Crippen molar-refractivity contribution in [1.29, 1.82) is 0 Å². The Bertz CT molecular complexity index is 962. The van der Waals surface area contributed by atoms with Crippen molar-refractivity contribution < 1.29 is 19.2 Å². The molecule has 0 bridgehead atoms. The van der Waals surface area contributed by atoms with Gasteiger partial charge in [-0.15, -0.1) is 0 Å². The van der Waals surface area contributed by atoms with Gasteiger partial charge in [-0.3, -0.25) is 14.8 Å². The molecule has 3 aromatic rings. The molecule has 8 heteroatoms. The Morgan fingerprint density at radius 1 is 1.15 bits per heavy atom. The Balaban J connectivity index is 1.77. The third kappa shape index (κ3) is 4.12. The second kappa shape index (κ2) is 7.69. The second-order valence-corrected chi connectivity index (χ2v) is 5.79. The first-order valence-electron chi connectivity index (χ1n) is 8.06. The molecule has 0 aliphatic rings. The molecule has 0 amide bonds. The number of nitro benzene ring substituents is 1. The summed E-state index contributed by atoms with van der Waals surface area (Å²) in [6.45, 7) is 0.109. The average molecular weight is 367 g/mol. The highest BCUT2D eigenvalue weighted by molar-refractivity contribution is 5.96. The van der Waals surface area contributed by atoms with E-state index in [1.807, 2.05) is 12.1 Å². The molecule has 0 spiro atoms. The van der Waals surface area contributed by atoms with E-state index in [-0.39, 0.29) is 12.3 Å². The molecule has 138 valence electrons. The van der Waals surface area contributed by atoms with Crippen molar-refractivity contribution in [2.45, 2.75) is 6.61 Å². The van der Waals surface area contributed by atoms with Crippen molar-refractivity contribution in [2.75, 3.05) is 7.11 Å². The van der Waals surface area contributed by atoms with Crippen LogP contribution < -0.4 is 4.74 Å². The molecular formula is C19H17N3O5. The molecule has 1 aromatic heterocycles. The number of aromatic nitrogens is 2. The van der Waals surface area contributed by atoms with E-state index in [0.29, 0.717) is 16.8 Å². The van der Waals surface area contributed by atoms with Crippen molar-refractivity contribution in [3.63, 3.8) is 0 Å². The Morgan fingerprint density at radius 2 is 1.81 bits per heavy atom. The number of rotatable bonds is 6. The van der Waals surface area contributed by atoms with Gasteiger partial charge in [0.15, 0.2) is 0 Å². The number of methoxy groups -OCH3 is 1. The van der Waals surface area contributed by atoms with Crippen LogP contribution in [-0.2, 0) is 18.4 Å². The van der Waals surface area contributed by atoms with E-state index in [0.717, 1.165) is 11.3 Å². The summed E-state index contributed by atoms with van der Waals surface area (Å²) in [5, 5.41) is 15.1. The maximum atomic E-state index is 12.5. The molecule has 0 unspecified atom stereocenters. The highest BCUT2D eigenvalue weighted by Gasteiger charge is 2.19. The van der Waals surface area contributed by atoms with Crippen LogP contribution in [0.25, 0.3) is 11.3 Å². The van der Waals surface area contributed by atoms with Crippen molar-refractivity contribution >= 4 is 11.7 Å². The molecule has 8 nitrogen and oxygen atoms in total. The lowest BCUT2D eigenvalue weighted by Gasteiger charge is -2.06. The van der Waals surface area contributed by atoms with Gasteiger partial charge in [0.25, 0.3) is 5.69 Å². The SMILES string of the molecule is COc1ccc(COC(=O)c2cn(C)nc2-c2ccc([N+](=O)[O-])cc2)cc1. The molecule has 0 aliphatic heterocycles.